The molecule has 1 saturated carbocycles. The highest BCUT2D eigenvalue weighted by Crippen LogP contribution is 2.35. The Morgan fingerprint density at radius 3 is 2.10 bits per heavy atom. The molecule has 1 heterocycles. The second-order valence-corrected chi connectivity index (χ2v) is 7.60. The fourth-order valence-corrected chi connectivity index (χ4v) is 4.17. The van der Waals surface area contributed by atoms with E-state index in [-0.39, 0.29) is 0 Å². The molecule has 0 radical (unpaired) electrons. The Balaban J connectivity index is 1.89. The first kappa shape index (κ1) is 17.2. The van der Waals surface area contributed by atoms with Gasteiger partial charge in [0.2, 0.25) is 0 Å². The van der Waals surface area contributed by atoms with E-state index in [1.807, 2.05) is 0 Å². The van der Waals surface area contributed by atoms with E-state index in [1.54, 1.807) is 0 Å². The molecule has 2 aliphatic rings. The Morgan fingerprint density at radius 2 is 1.57 bits per heavy atom. The molecule has 0 unspecified atom stereocenters. The summed E-state index contributed by atoms with van der Waals surface area (Å²) in [6, 6.07) is 0.709. The fraction of sp³-hybridized carbons (Fsp3) is 1.00. The first-order valence-electron chi connectivity index (χ1n) is 9.32. The van der Waals surface area contributed by atoms with Gasteiger partial charge in [-0.3, -0.25) is 4.90 Å². The van der Waals surface area contributed by atoms with Gasteiger partial charge in [0.1, 0.15) is 0 Å². The number of rotatable bonds is 6. The number of hydrogen-bond acceptors (Lipinski definition) is 3. The number of nitrogens with zero attached hydrogens (tertiary/aromatic N) is 2. The summed E-state index contributed by atoms with van der Waals surface area (Å²) in [5.74, 6) is 0. The predicted octanol–water partition coefficient (Wildman–Crippen LogP) is 2.96. The molecule has 0 aromatic carbocycles. The van der Waals surface area contributed by atoms with Crippen LogP contribution in [0.15, 0.2) is 0 Å². The molecule has 0 amide bonds. The van der Waals surface area contributed by atoms with Gasteiger partial charge in [-0.15, -0.1) is 0 Å². The molecule has 0 spiro atoms. The summed E-state index contributed by atoms with van der Waals surface area (Å²) >= 11 is 0. The molecular formula is C18H37N3. The van der Waals surface area contributed by atoms with E-state index in [0.29, 0.717) is 11.5 Å². The van der Waals surface area contributed by atoms with Crippen LogP contribution < -0.4 is 5.32 Å². The molecular weight excluding hydrogens is 258 g/mol. The van der Waals surface area contributed by atoms with E-state index in [4.69, 9.17) is 0 Å². The van der Waals surface area contributed by atoms with Crippen LogP contribution in [0.1, 0.15) is 59.3 Å². The van der Waals surface area contributed by atoms with Gasteiger partial charge in [0.25, 0.3) is 0 Å². The molecule has 3 heteroatoms. The van der Waals surface area contributed by atoms with Gasteiger partial charge in [0.15, 0.2) is 0 Å². The van der Waals surface area contributed by atoms with Crippen molar-refractivity contribution >= 4 is 0 Å². The molecule has 1 N–H and O–H groups in total. The van der Waals surface area contributed by atoms with Crippen LogP contribution in [-0.4, -0.2) is 61.7 Å². The lowest BCUT2D eigenvalue weighted by atomic mass is 9.79. The van der Waals surface area contributed by atoms with Crippen molar-refractivity contribution < 1.29 is 0 Å². The Morgan fingerprint density at radius 1 is 0.952 bits per heavy atom. The lowest BCUT2D eigenvalue weighted by Gasteiger charge is -2.43. The highest BCUT2D eigenvalue weighted by atomic mass is 15.3. The zero-order chi connectivity index (χ0) is 15.1. The maximum Gasteiger partial charge on any atom is 0.0113 e. The fourth-order valence-electron chi connectivity index (χ4n) is 4.17. The summed E-state index contributed by atoms with van der Waals surface area (Å²) in [4.78, 5) is 5.38. The van der Waals surface area contributed by atoms with E-state index < -0.39 is 0 Å². The lowest BCUT2D eigenvalue weighted by Crippen LogP contribution is -2.53. The molecule has 124 valence electrons. The van der Waals surface area contributed by atoms with Crippen molar-refractivity contribution in [3.63, 3.8) is 0 Å². The Bertz CT molecular complexity index is 274. The van der Waals surface area contributed by atoms with Gasteiger partial charge >= 0.3 is 0 Å². The van der Waals surface area contributed by atoms with Crippen molar-refractivity contribution in [3.05, 3.63) is 0 Å². The quantitative estimate of drug-likeness (QED) is 0.760. The van der Waals surface area contributed by atoms with Crippen LogP contribution in [0.4, 0.5) is 0 Å². The van der Waals surface area contributed by atoms with Crippen molar-refractivity contribution in [2.75, 3.05) is 45.8 Å². The number of piperazine rings is 1. The molecule has 0 atom stereocenters. The van der Waals surface area contributed by atoms with Crippen LogP contribution in [0, 0.1) is 5.41 Å². The maximum atomic E-state index is 3.67. The smallest absolute Gasteiger partial charge is 0.0113 e. The molecule has 1 aliphatic heterocycles. The second-order valence-electron chi connectivity index (χ2n) is 7.60. The van der Waals surface area contributed by atoms with Crippen LogP contribution in [0.2, 0.25) is 0 Å². The van der Waals surface area contributed by atoms with Gasteiger partial charge in [-0.2, -0.15) is 0 Å². The number of nitrogens with one attached hydrogen (secondary N) is 1. The summed E-state index contributed by atoms with van der Waals surface area (Å²) in [5, 5.41) is 3.67. The molecule has 0 aromatic heterocycles. The third-order valence-corrected chi connectivity index (χ3v) is 5.61. The minimum atomic E-state index is 0.548. The van der Waals surface area contributed by atoms with Gasteiger partial charge in [-0.05, 0) is 38.6 Å². The second kappa shape index (κ2) is 8.50. The molecule has 21 heavy (non-hydrogen) atoms. The van der Waals surface area contributed by atoms with E-state index in [0.717, 1.165) is 6.54 Å². The topological polar surface area (TPSA) is 18.5 Å². The summed E-state index contributed by atoms with van der Waals surface area (Å²) in [7, 11) is 0. The van der Waals surface area contributed by atoms with Gasteiger partial charge < -0.3 is 10.2 Å². The molecule has 1 saturated heterocycles. The van der Waals surface area contributed by atoms with E-state index >= 15 is 0 Å². The van der Waals surface area contributed by atoms with Crippen molar-refractivity contribution in [2.45, 2.75) is 65.3 Å². The predicted molar refractivity (Wildman–Crippen MR) is 91.8 cm³/mol. The lowest BCUT2D eigenvalue weighted by molar-refractivity contribution is 0.0628. The molecule has 2 fully saturated rings. The van der Waals surface area contributed by atoms with Crippen molar-refractivity contribution in [1.82, 2.24) is 15.1 Å². The Kier molecular flexibility index (Phi) is 6.97. The van der Waals surface area contributed by atoms with Crippen LogP contribution in [-0.2, 0) is 0 Å². The summed E-state index contributed by atoms with van der Waals surface area (Å²) in [6.45, 7) is 15.6. The van der Waals surface area contributed by atoms with Gasteiger partial charge in [0.05, 0.1) is 0 Å². The zero-order valence-electron chi connectivity index (χ0n) is 14.7. The molecule has 2 rings (SSSR count). The van der Waals surface area contributed by atoms with Crippen molar-refractivity contribution in [3.8, 4) is 0 Å². The first-order valence-corrected chi connectivity index (χ1v) is 9.32. The minimum Gasteiger partial charge on any atom is -0.316 e. The van der Waals surface area contributed by atoms with Gasteiger partial charge in [0, 0.05) is 45.3 Å². The van der Waals surface area contributed by atoms with E-state index in [9.17, 15) is 0 Å². The Hall–Kier alpha value is -0.120. The molecule has 0 aromatic rings. The van der Waals surface area contributed by atoms with E-state index in [1.165, 1.54) is 77.8 Å². The van der Waals surface area contributed by atoms with Crippen LogP contribution in [0.3, 0.4) is 0 Å². The standard InChI is InChI=1S/C18H37N3/c1-4-19-15-18(9-7-5-6-8-10-18)16-20-11-13-21(14-12-20)17(2)3/h17,19H,4-16H2,1-3H3. The number of hydrogen-bond donors (Lipinski definition) is 1. The molecule has 3 nitrogen and oxygen atoms in total. The van der Waals surface area contributed by atoms with Crippen molar-refractivity contribution in [2.24, 2.45) is 5.41 Å². The first-order chi connectivity index (χ1) is 10.2. The van der Waals surface area contributed by atoms with Gasteiger partial charge in [-0.1, -0.05) is 32.6 Å². The highest BCUT2D eigenvalue weighted by Gasteiger charge is 2.33. The normalized spacial score (nSPS) is 25.1. The summed E-state index contributed by atoms with van der Waals surface area (Å²) in [6.07, 6.45) is 8.66. The summed E-state index contributed by atoms with van der Waals surface area (Å²) < 4.78 is 0. The van der Waals surface area contributed by atoms with Crippen LogP contribution in [0.25, 0.3) is 0 Å². The van der Waals surface area contributed by atoms with Crippen LogP contribution in [0.5, 0.6) is 0 Å². The van der Waals surface area contributed by atoms with E-state index in [2.05, 4.69) is 35.9 Å². The van der Waals surface area contributed by atoms with Crippen LogP contribution >= 0.6 is 0 Å². The van der Waals surface area contributed by atoms with Gasteiger partial charge in [-0.25, -0.2) is 0 Å². The van der Waals surface area contributed by atoms with Crippen molar-refractivity contribution in [1.29, 1.82) is 0 Å². The zero-order valence-corrected chi connectivity index (χ0v) is 14.7. The average Bonchev–Trinajstić information content (AvgIpc) is 2.72. The SMILES string of the molecule is CCNCC1(CN2CCN(C(C)C)CC2)CCCCCC1. The largest absolute Gasteiger partial charge is 0.316 e. The third-order valence-electron chi connectivity index (χ3n) is 5.61. The Labute approximate surface area is 132 Å². The molecule has 0 bridgehead atoms. The minimum absolute atomic E-state index is 0.548. The maximum absolute atomic E-state index is 3.67. The highest BCUT2D eigenvalue weighted by molar-refractivity contribution is 4.88. The monoisotopic (exact) mass is 295 g/mol. The molecule has 1 aliphatic carbocycles. The summed E-state index contributed by atoms with van der Waals surface area (Å²) in [5.41, 5.74) is 0.548. The third kappa shape index (κ3) is 5.22. The average molecular weight is 296 g/mol.